The molecule has 5 amide bonds. The van der Waals surface area contributed by atoms with Crippen molar-refractivity contribution in [2.24, 2.45) is 11.7 Å². The summed E-state index contributed by atoms with van der Waals surface area (Å²) < 4.78 is 5.47. The van der Waals surface area contributed by atoms with Crippen LogP contribution in [0.25, 0.3) is 11.1 Å². The number of barbiturate groups is 1. The first-order valence-corrected chi connectivity index (χ1v) is 15.0. The maximum absolute atomic E-state index is 13.6. The number of hydrogen-bond donors (Lipinski definition) is 3. The fraction of sp³-hybridized carbons (Fsp3) is 0.294. The number of carboxylic acids is 1. The van der Waals surface area contributed by atoms with Gasteiger partial charge in [0.05, 0.1) is 6.04 Å². The van der Waals surface area contributed by atoms with Crippen molar-refractivity contribution in [2.45, 2.75) is 37.8 Å². The van der Waals surface area contributed by atoms with Gasteiger partial charge in [0.25, 0.3) is 11.8 Å². The number of amides is 5. The van der Waals surface area contributed by atoms with Crippen molar-refractivity contribution in [1.82, 2.24) is 15.1 Å². The van der Waals surface area contributed by atoms with E-state index in [0.29, 0.717) is 21.8 Å². The Bertz CT molecular complexity index is 1630. The molecule has 0 bridgehead atoms. The van der Waals surface area contributed by atoms with E-state index in [1.165, 1.54) is 0 Å². The van der Waals surface area contributed by atoms with Gasteiger partial charge in [-0.25, -0.2) is 19.3 Å². The van der Waals surface area contributed by atoms with E-state index in [1.807, 2.05) is 48.5 Å². The molecule has 0 aromatic heterocycles. The normalized spacial score (nSPS) is 17.3. The topological polar surface area (TPSA) is 176 Å². The van der Waals surface area contributed by atoms with Crippen molar-refractivity contribution >= 4 is 35.7 Å². The van der Waals surface area contributed by atoms with Gasteiger partial charge in [0, 0.05) is 25.4 Å². The number of imide groups is 2. The summed E-state index contributed by atoms with van der Waals surface area (Å²) in [4.78, 5) is 79.7. The number of Topliss-reactive ketones (excluding diaryl/α,β-unsaturated/α-hetero) is 1. The van der Waals surface area contributed by atoms with Gasteiger partial charge in [-0.2, -0.15) is 0 Å². The number of carboxylic acid groups (broad SMARTS) is 1. The van der Waals surface area contributed by atoms with Gasteiger partial charge in [-0.3, -0.25) is 19.3 Å². The molecule has 1 saturated heterocycles. The van der Waals surface area contributed by atoms with Crippen LogP contribution in [0.4, 0.5) is 9.59 Å². The number of aliphatic carboxylic acids is 1. The van der Waals surface area contributed by atoms with E-state index in [-0.39, 0.29) is 25.5 Å². The first-order valence-electron chi connectivity index (χ1n) is 15.0. The van der Waals surface area contributed by atoms with E-state index in [4.69, 9.17) is 10.5 Å². The van der Waals surface area contributed by atoms with Crippen molar-refractivity contribution in [1.29, 1.82) is 0 Å². The van der Waals surface area contributed by atoms with Crippen LogP contribution < -0.4 is 11.1 Å². The second kappa shape index (κ2) is 13.7. The van der Waals surface area contributed by atoms with Gasteiger partial charge in [-0.1, -0.05) is 85.8 Å². The lowest BCUT2D eigenvalue weighted by atomic mass is 9.91. The van der Waals surface area contributed by atoms with E-state index in [2.05, 4.69) is 5.32 Å². The second-order valence-corrected chi connectivity index (χ2v) is 11.2. The third-order valence-corrected chi connectivity index (χ3v) is 8.21. The molecule has 46 heavy (non-hydrogen) atoms. The summed E-state index contributed by atoms with van der Waals surface area (Å²) in [6.07, 6.45) is -0.797. The summed E-state index contributed by atoms with van der Waals surface area (Å²) in [6.45, 7) is 1.08. The summed E-state index contributed by atoms with van der Waals surface area (Å²) in [6, 6.07) is 19.7. The smallest absolute Gasteiger partial charge is 0.407 e. The lowest BCUT2D eigenvalue weighted by Crippen LogP contribution is -2.67. The number of nitrogens with one attached hydrogen (secondary N) is 1. The van der Waals surface area contributed by atoms with Crippen molar-refractivity contribution in [3.63, 3.8) is 0 Å². The number of carbonyl (C=O) groups excluding carboxylic acids is 5. The molecule has 0 spiro atoms. The minimum Gasteiger partial charge on any atom is -0.480 e. The predicted molar refractivity (Wildman–Crippen MR) is 165 cm³/mol. The molecule has 2 aliphatic rings. The molecular weight excluding hydrogens is 592 g/mol. The van der Waals surface area contributed by atoms with Crippen LogP contribution in [0, 0.1) is 5.92 Å². The monoisotopic (exact) mass is 626 g/mol. The SMILES string of the molecule is CCCN1C(=O)C(C(=O)C(N)CNC(=O)OCC2c3ccccc3-c3ccccc32)C(=O)N(C(Cc2ccccc2)C(=O)O)C1=O. The molecule has 1 aliphatic carbocycles. The summed E-state index contributed by atoms with van der Waals surface area (Å²) in [5.41, 5.74) is 10.7. The van der Waals surface area contributed by atoms with Crippen molar-refractivity contribution in [2.75, 3.05) is 19.7 Å². The van der Waals surface area contributed by atoms with Crippen molar-refractivity contribution in [3.8, 4) is 11.1 Å². The first-order chi connectivity index (χ1) is 22.1. The molecule has 238 valence electrons. The number of fused-ring (bicyclic) bond motifs is 3. The fourth-order valence-electron chi connectivity index (χ4n) is 5.96. The van der Waals surface area contributed by atoms with Gasteiger partial charge in [-0.05, 0) is 34.2 Å². The number of nitrogens with zero attached hydrogens (tertiary/aromatic N) is 2. The molecule has 3 atom stereocenters. The van der Waals surface area contributed by atoms with Crippen LogP contribution in [0.3, 0.4) is 0 Å². The number of ketones is 1. The van der Waals surface area contributed by atoms with Crippen LogP contribution in [-0.4, -0.2) is 82.4 Å². The quantitative estimate of drug-likeness (QED) is 0.255. The Kier molecular flexibility index (Phi) is 9.57. The number of ether oxygens (including phenoxy) is 1. The number of urea groups is 1. The Labute approximate surface area is 265 Å². The van der Waals surface area contributed by atoms with Crippen LogP contribution in [0.2, 0.25) is 0 Å². The average molecular weight is 627 g/mol. The van der Waals surface area contributed by atoms with Gasteiger partial charge in [0.15, 0.2) is 11.7 Å². The number of benzene rings is 3. The van der Waals surface area contributed by atoms with Gasteiger partial charge in [0.2, 0.25) is 0 Å². The van der Waals surface area contributed by atoms with Crippen LogP contribution in [0.15, 0.2) is 78.9 Å². The van der Waals surface area contributed by atoms with Gasteiger partial charge in [-0.15, -0.1) is 0 Å². The third kappa shape index (κ3) is 6.24. The maximum atomic E-state index is 13.6. The van der Waals surface area contributed by atoms with Gasteiger partial charge in [0.1, 0.15) is 12.6 Å². The molecule has 12 heteroatoms. The van der Waals surface area contributed by atoms with Crippen molar-refractivity contribution in [3.05, 3.63) is 95.6 Å². The van der Waals surface area contributed by atoms with E-state index in [9.17, 15) is 33.9 Å². The highest BCUT2D eigenvalue weighted by Gasteiger charge is 2.53. The van der Waals surface area contributed by atoms with E-state index < -0.39 is 60.2 Å². The molecule has 3 aromatic carbocycles. The van der Waals surface area contributed by atoms with E-state index in [1.54, 1.807) is 37.3 Å². The molecule has 0 saturated carbocycles. The van der Waals surface area contributed by atoms with Crippen LogP contribution >= 0.6 is 0 Å². The van der Waals surface area contributed by atoms with Gasteiger partial charge < -0.3 is 20.9 Å². The first kappa shape index (κ1) is 32.0. The Morgan fingerprint density at radius 2 is 1.48 bits per heavy atom. The fourth-order valence-corrected chi connectivity index (χ4v) is 5.96. The zero-order valence-electron chi connectivity index (χ0n) is 25.1. The van der Waals surface area contributed by atoms with Gasteiger partial charge >= 0.3 is 18.1 Å². The molecule has 1 heterocycles. The molecule has 12 nitrogen and oxygen atoms in total. The molecule has 3 unspecified atom stereocenters. The molecule has 0 radical (unpaired) electrons. The zero-order valence-corrected chi connectivity index (χ0v) is 25.1. The minimum atomic E-state index is -2.05. The minimum absolute atomic E-state index is 0.0175. The van der Waals surface area contributed by atoms with Crippen LogP contribution in [-0.2, 0) is 30.3 Å². The number of carbonyl (C=O) groups is 6. The summed E-state index contributed by atoms with van der Waals surface area (Å²) in [7, 11) is 0. The Balaban J connectivity index is 1.26. The van der Waals surface area contributed by atoms with Crippen LogP contribution in [0.1, 0.15) is 36.0 Å². The number of alkyl carbamates (subject to hydrolysis) is 1. The maximum Gasteiger partial charge on any atom is 0.407 e. The summed E-state index contributed by atoms with van der Waals surface area (Å²) >= 11 is 0. The molecule has 3 aromatic rings. The molecule has 1 fully saturated rings. The standard InChI is InChI=1S/C34H34N4O8/c1-2-16-37-30(40)28(31(41)38(34(37)45)27(32(42)43)17-20-10-4-3-5-11-20)29(39)26(35)18-36-33(44)46-19-25-23-14-8-6-12-21(23)22-13-7-9-15-24(22)25/h3-15,25-28H,2,16-19,35H2,1H3,(H,36,44)(H,42,43). The number of hydrogen-bond acceptors (Lipinski definition) is 8. The Hall–Kier alpha value is -5.36. The summed E-state index contributed by atoms with van der Waals surface area (Å²) in [5.74, 6) is -7.15. The highest BCUT2D eigenvalue weighted by molar-refractivity contribution is 6.28. The second-order valence-electron chi connectivity index (χ2n) is 11.2. The average Bonchev–Trinajstić information content (AvgIpc) is 3.38. The predicted octanol–water partition coefficient (Wildman–Crippen LogP) is 2.93. The molecule has 5 rings (SSSR count). The number of rotatable bonds is 12. The molecular formula is C34H34N4O8. The molecule has 1 aliphatic heterocycles. The highest BCUT2D eigenvalue weighted by atomic mass is 16.5. The van der Waals surface area contributed by atoms with E-state index >= 15 is 0 Å². The summed E-state index contributed by atoms with van der Waals surface area (Å²) in [5, 5.41) is 12.4. The highest BCUT2D eigenvalue weighted by Crippen LogP contribution is 2.44. The Morgan fingerprint density at radius 3 is 2.07 bits per heavy atom. The largest absolute Gasteiger partial charge is 0.480 e. The zero-order chi connectivity index (χ0) is 33.0. The third-order valence-electron chi connectivity index (χ3n) is 8.21. The lowest BCUT2D eigenvalue weighted by Gasteiger charge is -2.39. The number of nitrogens with two attached hydrogens (primary N) is 1. The van der Waals surface area contributed by atoms with Crippen molar-refractivity contribution < 1.29 is 38.6 Å². The van der Waals surface area contributed by atoms with E-state index in [0.717, 1.165) is 22.3 Å². The lowest BCUT2D eigenvalue weighted by molar-refractivity contribution is -0.160. The van der Waals surface area contributed by atoms with Crippen LogP contribution in [0.5, 0.6) is 0 Å². The molecule has 4 N–H and O–H groups in total. The Morgan fingerprint density at radius 1 is 0.891 bits per heavy atom.